The van der Waals surface area contributed by atoms with Gasteiger partial charge in [0.1, 0.15) is 0 Å². The first-order valence-electron chi connectivity index (χ1n) is 8.13. The van der Waals surface area contributed by atoms with E-state index in [1.165, 1.54) is 12.0 Å². The highest BCUT2D eigenvalue weighted by molar-refractivity contribution is 5.24. The summed E-state index contributed by atoms with van der Waals surface area (Å²) in [6, 6.07) is 8.74. The van der Waals surface area contributed by atoms with Gasteiger partial charge in [-0.2, -0.15) is 0 Å². The van der Waals surface area contributed by atoms with Gasteiger partial charge in [0.25, 0.3) is 0 Å². The van der Waals surface area contributed by atoms with E-state index >= 15 is 0 Å². The van der Waals surface area contributed by atoms with Crippen molar-refractivity contribution < 1.29 is 9.84 Å². The Morgan fingerprint density at radius 2 is 1.95 bits per heavy atom. The van der Waals surface area contributed by atoms with Crippen molar-refractivity contribution in [3.8, 4) is 0 Å². The fourth-order valence-corrected chi connectivity index (χ4v) is 3.17. The monoisotopic (exact) mass is 291 g/mol. The van der Waals surface area contributed by atoms with Crippen molar-refractivity contribution in [2.24, 2.45) is 5.92 Å². The van der Waals surface area contributed by atoms with Gasteiger partial charge in [0.15, 0.2) is 0 Å². The number of hydrogen-bond donors (Lipinski definition) is 2. The van der Waals surface area contributed by atoms with Crippen LogP contribution in [0.1, 0.15) is 50.3 Å². The third kappa shape index (κ3) is 4.80. The summed E-state index contributed by atoms with van der Waals surface area (Å²) >= 11 is 0. The van der Waals surface area contributed by atoms with Crippen molar-refractivity contribution in [2.45, 2.75) is 57.8 Å². The lowest BCUT2D eigenvalue weighted by Crippen LogP contribution is -2.39. The third-order valence-corrected chi connectivity index (χ3v) is 4.34. The maximum absolute atomic E-state index is 10.3. The molecule has 0 spiro atoms. The summed E-state index contributed by atoms with van der Waals surface area (Å²) < 4.78 is 5.47. The maximum atomic E-state index is 10.3. The van der Waals surface area contributed by atoms with Gasteiger partial charge in [-0.3, -0.25) is 0 Å². The normalized spacial score (nSPS) is 23.7. The molecule has 3 atom stereocenters. The van der Waals surface area contributed by atoms with Gasteiger partial charge in [-0.25, -0.2) is 0 Å². The fraction of sp³-hybridized carbons (Fsp3) is 0.667. The molecule has 21 heavy (non-hydrogen) atoms. The molecule has 118 valence electrons. The number of nitrogens with one attached hydrogen (secondary N) is 1. The molecule has 3 heteroatoms. The summed E-state index contributed by atoms with van der Waals surface area (Å²) in [6.07, 6.45) is 4.40. The van der Waals surface area contributed by atoms with Crippen LogP contribution < -0.4 is 5.32 Å². The zero-order valence-electron chi connectivity index (χ0n) is 13.5. The molecule has 2 rings (SSSR count). The van der Waals surface area contributed by atoms with Gasteiger partial charge in [-0.15, -0.1) is 0 Å². The molecule has 1 aromatic carbocycles. The molecule has 1 aliphatic carbocycles. The molecular formula is C18H29NO2. The molecule has 3 nitrogen and oxygen atoms in total. The number of benzene rings is 1. The lowest BCUT2D eigenvalue weighted by Gasteiger charge is -2.21. The van der Waals surface area contributed by atoms with Crippen LogP contribution in [-0.2, 0) is 11.2 Å². The Balaban J connectivity index is 1.84. The minimum absolute atomic E-state index is 0.297. The minimum Gasteiger partial charge on any atom is -0.387 e. The van der Waals surface area contributed by atoms with Crippen molar-refractivity contribution in [1.29, 1.82) is 0 Å². The van der Waals surface area contributed by atoms with E-state index in [1.54, 1.807) is 7.11 Å². The summed E-state index contributed by atoms with van der Waals surface area (Å²) in [4.78, 5) is 0. The molecule has 0 heterocycles. The number of hydrogen-bond acceptors (Lipinski definition) is 3. The molecule has 1 saturated carbocycles. The van der Waals surface area contributed by atoms with E-state index in [1.807, 2.05) is 12.1 Å². The molecule has 0 radical (unpaired) electrons. The van der Waals surface area contributed by atoms with Crippen molar-refractivity contribution >= 4 is 0 Å². The van der Waals surface area contributed by atoms with Crippen molar-refractivity contribution in [3.05, 3.63) is 35.4 Å². The van der Waals surface area contributed by atoms with E-state index in [9.17, 15) is 5.11 Å². The summed E-state index contributed by atoms with van der Waals surface area (Å²) in [7, 11) is 1.77. The molecular weight excluding hydrogens is 262 g/mol. The van der Waals surface area contributed by atoms with Crippen LogP contribution in [-0.4, -0.2) is 30.9 Å². The topological polar surface area (TPSA) is 41.5 Å². The molecule has 0 amide bonds. The number of rotatable bonds is 7. The average Bonchev–Trinajstić information content (AvgIpc) is 2.92. The van der Waals surface area contributed by atoms with Crippen LogP contribution >= 0.6 is 0 Å². The summed E-state index contributed by atoms with van der Waals surface area (Å²) in [6.45, 7) is 5.04. The molecule has 1 aromatic rings. The first-order valence-corrected chi connectivity index (χ1v) is 8.13. The molecule has 1 fully saturated rings. The van der Waals surface area contributed by atoms with Crippen LogP contribution in [0.15, 0.2) is 24.3 Å². The van der Waals surface area contributed by atoms with E-state index in [0.717, 1.165) is 24.8 Å². The lowest BCUT2D eigenvalue weighted by atomic mass is 10.00. The van der Waals surface area contributed by atoms with Gasteiger partial charge in [0.05, 0.1) is 12.2 Å². The second kappa shape index (κ2) is 7.92. The predicted molar refractivity (Wildman–Crippen MR) is 86.4 cm³/mol. The van der Waals surface area contributed by atoms with Crippen LogP contribution in [0, 0.1) is 5.92 Å². The second-order valence-corrected chi connectivity index (χ2v) is 6.58. The number of aliphatic hydroxyl groups is 1. The van der Waals surface area contributed by atoms with Gasteiger partial charge >= 0.3 is 0 Å². The molecule has 0 saturated heterocycles. The quantitative estimate of drug-likeness (QED) is 0.811. The van der Waals surface area contributed by atoms with Crippen molar-refractivity contribution in [1.82, 2.24) is 5.32 Å². The first-order chi connectivity index (χ1) is 10.1. The molecule has 0 aromatic heterocycles. The predicted octanol–water partition coefficient (Wildman–Crippen LogP) is 3.08. The Bertz CT molecular complexity index is 416. The van der Waals surface area contributed by atoms with Gasteiger partial charge in [-0.1, -0.05) is 38.1 Å². The van der Waals surface area contributed by atoms with Crippen LogP contribution in [0.5, 0.6) is 0 Å². The summed E-state index contributed by atoms with van der Waals surface area (Å²) in [5, 5.41) is 13.8. The lowest BCUT2D eigenvalue weighted by molar-refractivity contribution is 0.0780. The zero-order valence-corrected chi connectivity index (χ0v) is 13.5. The van der Waals surface area contributed by atoms with Crippen molar-refractivity contribution in [3.63, 3.8) is 0 Å². The van der Waals surface area contributed by atoms with Gasteiger partial charge in [0.2, 0.25) is 0 Å². The fourth-order valence-electron chi connectivity index (χ4n) is 3.17. The average molecular weight is 291 g/mol. The highest BCUT2D eigenvalue weighted by atomic mass is 16.5. The molecule has 0 bridgehead atoms. The van der Waals surface area contributed by atoms with Gasteiger partial charge in [0, 0.05) is 19.7 Å². The Morgan fingerprint density at radius 1 is 1.24 bits per heavy atom. The van der Waals surface area contributed by atoms with E-state index in [0.29, 0.717) is 24.6 Å². The Hall–Kier alpha value is -0.900. The molecule has 2 N–H and O–H groups in total. The maximum Gasteiger partial charge on any atom is 0.0914 e. The number of aliphatic hydroxyl groups excluding tert-OH is 1. The standard InChI is InChI=1S/C18H29NO2/c1-13(2)11-14-7-9-15(10-8-14)17(20)12-19-16-5-4-6-18(16)21-3/h7-10,13,16-20H,4-6,11-12H2,1-3H3. The van der Waals surface area contributed by atoms with Gasteiger partial charge < -0.3 is 15.2 Å². The highest BCUT2D eigenvalue weighted by Gasteiger charge is 2.27. The Kier molecular flexibility index (Phi) is 6.22. The van der Waals surface area contributed by atoms with Gasteiger partial charge in [-0.05, 0) is 42.7 Å². The second-order valence-electron chi connectivity index (χ2n) is 6.58. The minimum atomic E-state index is -0.448. The first kappa shape index (κ1) is 16.5. The largest absolute Gasteiger partial charge is 0.387 e. The van der Waals surface area contributed by atoms with E-state index in [2.05, 4.69) is 31.3 Å². The summed E-state index contributed by atoms with van der Waals surface area (Å²) in [5.74, 6) is 0.663. The van der Waals surface area contributed by atoms with Crippen LogP contribution in [0.2, 0.25) is 0 Å². The van der Waals surface area contributed by atoms with Crippen LogP contribution in [0.4, 0.5) is 0 Å². The van der Waals surface area contributed by atoms with E-state index in [-0.39, 0.29) is 0 Å². The zero-order chi connectivity index (χ0) is 15.2. The van der Waals surface area contributed by atoms with Crippen LogP contribution in [0.3, 0.4) is 0 Å². The van der Waals surface area contributed by atoms with E-state index < -0.39 is 6.10 Å². The number of methoxy groups -OCH3 is 1. The Morgan fingerprint density at radius 3 is 2.57 bits per heavy atom. The SMILES string of the molecule is COC1CCCC1NCC(O)c1ccc(CC(C)C)cc1. The highest BCUT2D eigenvalue weighted by Crippen LogP contribution is 2.22. The number of ether oxygens (including phenoxy) is 1. The van der Waals surface area contributed by atoms with E-state index in [4.69, 9.17) is 4.74 Å². The molecule has 1 aliphatic rings. The summed E-state index contributed by atoms with van der Waals surface area (Å²) in [5.41, 5.74) is 2.33. The van der Waals surface area contributed by atoms with Crippen LogP contribution in [0.25, 0.3) is 0 Å². The smallest absolute Gasteiger partial charge is 0.0914 e. The van der Waals surface area contributed by atoms with Crippen molar-refractivity contribution in [2.75, 3.05) is 13.7 Å². The molecule has 3 unspecified atom stereocenters. The molecule has 0 aliphatic heterocycles. The Labute approximate surface area is 128 Å². The third-order valence-electron chi connectivity index (χ3n) is 4.34.